The van der Waals surface area contributed by atoms with Crippen molar-refractivity contribution >= 4 is 60.6 Å². The van der Waals surface area contributed by atoms with Crippen LogP contribution in [0.4, 0.5) is 8.63 Å². The Kier molecular flexibility index (Phi) is 4.52. The summed E-state index contributed by atoms with van der Waals surface area (Å²) in [5.41, 5.74) is 1.93. The van der Waals surface area contributed by atoms with Crippen LogP contribution in [0.5, 0.6) is 11.5 Å². The molecule has 10 heteroatoms. The molecule has 0 spiro atoms. The molecule has 140 valence electrons. The molecule has 1 aromatic carbocycles. The van der Waals surface area contributed by atoms with E-state index in [1.807, 2.05) is 0 Å². The van der Waals surface area contributed by atoms with E-state index >= 15 is 8.63 Å². The van der Waals surface area contributed by atoms with Crippen LogP contribution in [0.15, 0.2) is 46.7 Å². The summed E-state index contributed by atoms with van der Waals surface area (Å²) < 4.78 is 44.0. The maximum atomic E-state index is 15.3. The highest BCUT2D eigenvalue weighted by atomic mass is 79.9. The number of benzene rings is 1. The van der Waals surface area contributed by atoms with Crippen molar-refractivity contribution in [1.29, 1.82) is 0 Å². The minimum atomic E-state index is -4.08. The smallest absolute Gasteiger partial charge is 0.496 e. The van der Waals surface area contributed by atoms with Gasteiger partial charge >= 0.3 is 6.97 Å². The highest BCUT2D eigenvalue weighted by Gasteiger charge is 2.54. The van der Waals surface area contributed by atoms with E-state index in [0.29, 0.717) is 39.0 Å². The van der Waals surface area contributed by atoms with Gasteiger partial charge in [0.05, 0.1) is 29.4 Å². The van der Waals surface area contributed by atoms with E-state index in [9.17, 15) is 0 Å². The molecule has 2 aliphatic rings. The Labute approximate surface area is 176 Å². The number of nitrogens with zero attached hydrogens (tertiary/aromatic N) is 2. The van der Waals surface area contributed by atoms with E-state index in [2.05, 4.69) is 31.9 Å². The molecule has 2 aliphatic heterocycles. The molecule has 0 saturated carbocycles. The SMILES string of the molecule is COc1cc(C2=C3C=CC(Br)=[N+]3[B-](F)(F)n3c(Br)ccc32)c(OC)cc1Cl. The van der Waals surface area contributed by atoms with Gasteiger partial charge in [0, 0.05) is 45.4 Å². The summed E-state index contributed by atoms with van der Waals surface area (Å²) in [5.74, 6) is 0.887. The Morgan fingerprint density at radius 1 is 1.07 bits per heavy atom. The number of fused-ring (bicyclic) bond motifs is 2. The van der Waals surface area contributed by atoms with Crippen LogP contribution in [0.2, 0.25) is 5.02 Å². The van der Waals surface area contributed by atoms with Gasteiger partial charge in [-0.3, -0.25) is 0 Å². The van der Waals surface area contributed by atoms with Crippen LogP contribution in [0.25, 0.3) is 5.57 Å². The molecule has 2 aromatic rings. The normalized spacial score (nSPS) is 17.3. The first-order valence-electron chi connectivity index (χ1n) is 7.87. The molecule has 0 amide bonds. The fourth-order valence-electron chi connectivity index (χ4n) is 3.46. The largest absolute Gasteiger partial charge is 0.738 e. The highest BCUT2D eigenvalue weighted by molar-refractivity contribution is 9.18. The molecule has 0 N–H and O–H groups in total. The Bertz CT molecular complexity index is 1080. The second kappa shape index (κ2) is 6.50. The van der Waals surface area contributed by atoms with E-state index in [4.69, 9.17) is 21.1 Å². The zero-order valence-electron chi connectivity index (χ0n) is 14.1. The molecule has 0 bridgehead atoms. The third kappa shape index (κ3) is 2.62. The first-order valence-corrected chi connectivity index (χ1v) is 9.83. The van der Waals surface area contributed by atoms with Gasteiger partial charge in [0.15, 0.2) is 5.70 Å². The van der Waals surface area contributed by atoms with E-state index < -0.39 is 6.97 Å². The maximum absolute atomic E-state index is 15.3. The highest BCUT2D eigenvalue weighted by Crippen LogP contribution is 2.46. The summed E-state index contributed by atoms with van der Waals surface area (Å²) in [7, 11) is 3.01. The van der Waals surface area contributed by atoms with Gasteiger partial charge in [-0.05, 0) is 34.1 Å². The third-order valence-corrected chi connectivity index (χ3v) is 6.20. The number of hydrogen-bond donors (Lipinski definition) is 0. The standard InChI is InChI=1S/C17H12BBr2ClF2N2O2/c1-26-13-8-10(21)14(27-2)7-9(13)17-11-3-5-15(19)24(11)18(22,23)25-12(17)4-6-16(25)20/h3-8H,1-2H3. The summed E-state index contributed by atoms with van der Waals surface area (Å²) in [4.78, 5) is 0. The van der Waals surface area contributed by atoms with Crippen molar-refractivity contribution in [3.05, 3.63) is 63.0 Å². The van der Waals surface area contributed by atoms with Crippen LogP contribution in [-0.4, -0.2) is 34.8 Å². The predicted molar refractivity (Wildman–Crippen MR) is 109 cm³/mol. The monoisotopic (exact) mass is 518 g/mol. The van der Waals surface area contributed by atoms with Crippen molar-refractivity contribution in [3.63, 3.8) is 0 Å². The first kappa shape index (κ1) is 18.8. The Balaban J connectivity index is 2.12. The summed E-state index contributed by atoms with van der Waals surface area (Å²) >= 11 is 12.7. The maximum Gasteiger partial charge on any atom is 0.738 e. The fourth-order valence-corrected chi connectivity index (χ4v) is 4.83. The Morgan fingerprint density at radius 2 is 1.78 bits per heavy atom. The van der Waals surface area contributed by atoms with Crippen LogP contribution in [0.1, 0.15) is 11.3 Å². The Morgan fingerprint density at radius 3 is 2.44 bits per heavy atom. The average Bonchev–Trinajstić information content (AvgIpc) is 3.20. The molecule has 0 saturated heterocycles. The lowest BCUT2D eigenvalue weighted by Crippen LogP contribution is -2.50. The van der Waals surface area contributed by atoms with Gasteiger partial charge in [-0.2, -0.15) is 0 Å². The number of rotatable bonds is 3. The summed E-state index contributed by atoms with van der Waals surface area (Å²) in [5, 5.41) is 0.372. The van der Waals surface area contributed by atoms with Crippen molar-refractivity contribution in [3.8, 4) is 11.5 Å². The number of ether oxygens (including phenoxy) is 2. The lowest BCUT2D eigenvalue weighted by molar-refractivity contribution is -0.358. The molecule has 0 fully saturated rings. The van der Waals surface area contributed by atoms with Crippen LogP contribution in [-0.2, 0) is 0 Å². The van der Waals surface area contributed by atoms with Gasteiger partial charge in [0.25, 0.3) is 0 Å². The van der Waals surface area contributed by atoms with Crippen LogP contribution in [0.3, 0.4) is 0 Å². The van der Waals surface area contributed by atoms with E-state index in [-0.39, 0.29) is 9.22 Å². The number of halogens is 5. The summed E-state index contributed by atoms with van der Waals surface area (Å²) in [6.45, 7) is -4.08. The van der Waals surface area contributed by atoms with Crippen molar-refractivity contribution in [1.82, 2.24) is 4.48 Å². The lowest BCUT2D eigenvalue weighted by Gasteiger charge is -2.32. The van der Waals surface area contributed by atoms with Gasteiger partial charge in [-0.15, -0.1) is 0 Å². The number of methoxy groups -OCH3 is 2. The zero-order chi connectivity index (χ0) is 19.5. The molecule has 4 nitrogen and oxygen atoms in total. The van der Waals surface area contributed by atoms with Crippen LogP contribution in [0, 0.1) is 0 Å². The molecule has 0 radical (unpaired) electrons. The zero-order valence-corrected chi connectivity index (χ0v) is 18.1. The second-order valence-electron chi connectivity index (χ2n) is 5.97. The molecular formula is C17H12BBr2ClF2N2O2. The minimum absolute atomic E-state index is 0.283. The molecule has 3 heterocycles. The van der Waals surface area contributed by atoms with Gasteiger partial charge in [0.1, 0.15) is 11.5 Å². The molecular weight excluding hydrogens is 508 g/mol. The molecule has 1 aromatic heterocycles. The van der Waals surface area contributed by atoms with Gasteiger partial charge in [-0.25, -0.2) is 0 Å². The first-order chi connectivity index (χ1) is 12.8. The predicted octanol–water partition coefficient (Wildman–Crippen LogP) is 5.29. The molecule has 4 rings (SSSR count). The van der Waals surface area contributed by atoms with Crippen molar-refractivity contribution in [2.24, 2.45) is 0 Å². The van der Waals surface area contributed by atoms with Crippen molar-refractivity contribution < 1.29 is 22.6 Å². The topological polar surface area (TPSA) is 26.4 Å². The summed E-state index contributed by atoms with van der Waals surface area (Å²) in [6, 6.07) is 6.57. The number of allylic oxidation sites excluding steroid dienone is 2. The van der Waals surface area contributed by atoms with Crippen molar-refractivity contribution in [2.75, 3.05) is 14.2 Å². The molecule has 0 aliphatic carbocycles. The summed E-state index contributed by atoms with van der Waals surface area (Å²) in [6.07, 6.45) is 3.25. The average molecular weight is 520 g/mol. The quantitative estimate of drug-likeness (QED) is 0.515. The third-order valence-electron chi connectivity index (χ3n) is 4.61. The molecule has 27 heavy (non-hydrogen) atoms. The van der Waals surface area contributed by atoms with Crippen LogP contribution >= 0.6 is 43.5 Å². The second-order valence-corrected chi connectivity index (χ2v) is 8.01. The molecule has 0 atom stereocenters. The van der Waals surface area contributed by atoms with Gasteiger partial charge < -0.3 is 27.1 Å². The van der Waals surface area contributed by atoms with E-state index in [0.717, 1.165) is 8.96 Å². The lowest BCUT2D eigenvalue weighted by atomic mass is 9.86. The molecule has 0 unspecified atom stereocenters. The Hall–Kier alpha value is -1.58. The minimum Gasteiger partial charge on any atom is -0.496 e. The van der Waals surface area contributed by atoms with E-state index in [1.165, 1.54) is 14.2 Å². The van der Waals surface area contributed by atoms with Gasteiger partial charge in [-0.1, -0.05) is 11.6 Å². The van der Waals surface area contributed by atoms with Crippen LogP contribution < -0.4 is 9.47 Å². The van der Waals surface area contributed by atoms with Crippen molar-refractivity contribution in [2.45, 2.75) is 0 Å². The van der Waals surface area contributed by atoms with E-state index in [1.54, 1.807) is 36.4 Å². The van der Waals surface area contributed by atoms with Gasteiger partial charge in [0.2, 0.25) is 4.62 Å². The fraction of sp³-hybridized carbons (Fsp3) is 0.118. The number of hydrogen-bond acceptors (Lipinski definition) is 2. The number of aromatic nitrogens is 1.